The lowest BCUT2D eigenvalue weighted by molar-refractivity contribution is -0.117. The van der Waals surface area contributed by atoms with Gasteiger partial charge in [-0.2, -0.15) is 5.26 Å². The van der Waals surface area contributed by atoms with E-state index in [2.05, 4.69) is 15.6 Å². The van der Waals surface area contributed by atoms with E-state index in [0.717, 1.165) is 25.7 Å². The normalized spacial score (nSPS) is 17.1. The first-order chi connectivity index (χ1) is 14.2. The van der Waals surface area contributed by atoms with Crippen molar-refractivity contribution in [1.82, 2.24) is 10.6 Å². The maximum Gasteiger partial charge on any atom is 0.264 e. The first-order valence-corrected chi connectivity index (χ1v) is 9.67. The fraction of sp³-hybridized carbons (Fsp3) is 0.217. The van der Waals surface area contributed by atoms with Gasteiger partial charge in [0.2, 0.25) is 0 Å². The summed E-state index contributed by atoms with van der Waals surface area (Å²) in [4.78, 5) is 29.8. The maximum absolute atomic E-state index is 12.7. The summed E-state index contributed by atoms with van der Waals surface area (Å²) in [6.07, 6.45) is 4.02. The van der Waals surface area contributed by atoms with Gasteiger partial charge in [0.15, 0.2) is 0 Å². The van der Waals surface area contributed by atoms with E-state index >= 15 is 0 Å². The number of aliphatic imine (C=N–C) groups is 1. The van der Waals surface area contributed by atoms with Gasteiger partial charge in [0, 0.05) is 22.7 Å². The number of amides is 2. The summed E-state index contributed by atoms with van der Waals surface area (Å²) in [6, 6.07) is 18.2. The van der Waals surface area contributed by atoms with Gasteiger partial charge >= 0.3 is 0 Å². The summed E-state index contributed by atoms with van der Waals surface area (Å²) in [7, 11) is 0. The van der Waals surface area contributed by atoms with Gasteiger partial charge in [-0.05, 0) is 25.0 Å². The number of rotatable bonds is 3. The molecular formula is C23H20N4O2. The van der Waals surface area contributed by atoms with Gasteiger partial charge in [-0.1, -0.05) is 55.3 Å². The third-order valence-corrected chi connectivity index (χ3v) is 5.19. The summed E-state index contributed by atoms with van der Waals surface area (Å²) in [5.41, 5.74) is 2.11. The quantitative estimate of drug-likeness (QED) is 0.629. The molecule has 6 heteroatoms. The van der Waals surface area contributed by atoms with Gasteiger partial charge < -0.3 is 10.6 Å². The molecule has 1 saturated carbocycles. The van der Waals surface area contributed by atoms with E-state index in [1.807, 2.05) is 30.3 Å². The monoisotopic (exact) mass is 384 g/mol. The van der Waals surface area contributed by atoms with Crippen LogP contribution in [0.25, 0.3) is 5.70 Å². The number of carbonyl (C=O) groups is 2. The number of hydrogen-bond donors (Lipinski definition) is 2. The standard InChI is InChI=1S/C23H20N4O2/c24-14-19(23(29)25-16-10-4-5-11-16)20-17-12-6-7-13-18(17)21(26-20)27-22(28)15-8-2-1-3-9-15/h1-3,6-9,12-13,16H,4-5,10-11H2,(H,25,29)(H,26,27,28)/b20-19-. The van der Waals surface area contributed by atoms with E-state index in [1.54, 1.807) is 30.3 Å². The molecule has 1 fully saturated rings. The molecule has 0 bridgehead atoms. The summed E-state index contributed by atoms with van der Waals surface area (Å²) < 4.78 is 0. The predicted molar refractivity (Wildman–Crippen MR) is 110 cm³/mol. The van der Waals surface area contributed by atoms with E-state index in [4.69, 9.17) is 0 Å². The second-order valence-corrected chi connectivity index (χ2v) is 7.12. The van der Waals surface area contributed by atoms with Crippen molar-refractivity contribution in [2.24, 2.45) is 4.99 Å². The molecule has 1 aliphatic carbocycles. The van der Waals surface area contributed by atoms with Gasteiger partial charge in [0.1, 0.15) is 17.5 Å². The number of carbonyl (C=O) groups excluding carboxylic acids is 2. The van der Waals surface area contributed by atoms with Crippen LogP contribution in [0.15, 0.2) is 65.2 Å². The molecule has 0 atom stereocenters. The van der Waals surface area contributed by atoms with Gasteiger partial charge in [-0.3, -0.25) is 9.59 Å². The fourth-order valence-corrected chi connectivity index (χ4v) is 3.72. The molecule has 0 saturated heterocycles. The minimum Gasteiger partial charge on any atom is -0.349 e. The number of amidine groups is 1. The van der Waals surface area contributed by atoms with Gasteiger partial charge in [-0.15, -0.1) is 0 Å². The highest BCUT2D eigenvalue weighted by molar-refractivity contribution is 6.20. The van der Waals surface area contributed by atoms with Crippen molar-refractivity contribution in [2.75, 3.05) is 0 Å². The minimum absolute atomic E-state index is 0.0340. The first kappa shape index (κ1) is 18.6. The van der Waals surface area contributed by atoms with E-state index in [-0.39, 0.29) is 17.5 Å². The SMILES string of the molecule is N#C/C(C(=O)NC1CCCC1)=C1/N=C(NC(=O)c2ccccc2)c2ccccc21. The molecule has 2 amide bonds. The number of fused-ring (bicyclic) bond motifs is 1. The van der Waals surface area contributed by atoms with E-state index < -0.39 is 5.91 Å². The van der Waals surface area contributed by atoms with Gasteiger partial charge in [-0.25, -0.2) is 4.99 Å². The largest absolute Gasteiger partial charge is 0.349 e. The van der Waals surface area contributed by atoms with E-state index in [0.29, 0.717) is 28.2 Å². The number of nitrogens with zero attached hydrogens (tertiary/aromatic N) is 2. The van der Waals surface area contributed by atoms with Crippen molar-refractivity contribution in [2.45, 2.75) is 31.7 Å². The van der Waals surface area contributed by atoms with Crippen LogP contribution in [0.3, 0.4) is 0 Å². The lowest BCUT2D eigenvalue weighted by Gasteiger charge is -2.11. The highest BCUT2D eigenvalue weighted by Crippen LogP contribution is 2.31. The lowest BCUT2D eigenvalue weighted by atomic mass is 10.0. The van der Waals surface area contributed by atoms with E-state index in [9.17, 15) is 14.9 Å². The topological polar surface area (TPSA) is 94.3 Å². The third-order valence-electron chi connectivity index (χ3n) is 5.19. The van der Waals surface area contributed by atoms with Crippen LogP contribution in [0.5, 0.6) is 0 Å². The highest BCUT2D eigenvalue weighted by atomic mass is 16.2. The molecule has 4 rings (SSSR count). The predicted octanol–water partition coefficient (Wildman–Crippen LogP) is 3.17. The molecule has 2 aromatic rings. The second-order valence-electron chi connectivity index (χ2n) is 7.12. The van der Waals surface area contributed by atoms with Crippen LogP contribution >= 0.6 is 0 Å². The van der Waals surface area contributed by atoms with Crippen molar-refractivity contribution in [3.8, 4) is 6.07 Å². The molecule has 2 aliphatic rings. The van der Waals surface area contributed by atoms with Crippen LogP contribution in [0.4, 0.5) is 0 Å². The molecule has 1 aliphatic heterocycles. The van der Waals surface area contributed by atoms with Crippen molar-refractivity contribution >= 4 is 23.3 Å². The number of benzene rings is 2. The molecule has 6 nitrogen and oxygen atoms in total. The van der Waals surface area contributed by atoms with Crippen LogP contribution in [-0.4, -0.2) is 23.7 Å². The Hall–Kier alpha value is -3.72. The second kappa shape index (κ2) is 8.11. The molecule has 2 N–H and O–H groups in total. The van der Waals surface area contributed by atoms with Crippen LogP contribution in [0, 0.1) is 11.3 Å². The Labute approximate surface area is 169 Å². The number of hydrogen-bond acceptors (Lipinski definition) is 4. The Morgan fingerprint density at radius 3 is 2.31 bits per heavy atom. The zero-order valence-electron chi connectivity index (χ0n) is 15.8. The summed E-state index contributed by atoms with van der Waals surface area (Å²) in [5, 5.41) is 15.4. The van der Waals surface area contributed by atoms with Crippen molar-refractivity contribution in [3.05, 3.63) is 76.9 Å². The van der Waals surface area contributed by atoms with Gasteiger partial charge in [0.25, 0.3) is 11.8 Å². The Balaban J connectivity index is 1.67. The molecular weight excluding hydrogens is 364 g/mol. The van der Waals surface area contributed by atoms with Crippen LogP contribution < -0.4 is 10.6 Å². The Morgan fingerprint density at radius 2 is 1.62 bits per heavy atom. The van der Waals surface area contributed by atoms with Crippen LogP contribution in [0.2, 0.25) is 0 Å². The highest BCUT2D eigenvalue weighted by Gasteiger charge is 2.28. The van der Waals surface area contributed by atoms with Crippen molar-refractivity contribution in [1.29, 1.82) is 5.26 Å². The zero-order chi connectivity index (χ0) is 20.2. The van der Waals surface area contributed by atoms with Gasteiger partial charge in [0.05, 0.1) is 5.70 Å². The third kappa shape index (κ3) is 3.81. The molecule has 1 heterocycles. The Morgan fingerprint density at radius 1 is 0.966 bits per heavy atom. The smallest absolute Gasteiger partial charge is 0.264 e. The number of nitriles is 1. The fourth-order valence-electron chi connectivity index (χ4n) is 3.72. The Kier molecular flexibility index (Phi) is 5.21. The van der Waals surface area contributed by atoms with E-state index in [1.165, 1.54) is 0 Å². The van der Waals surface area contributed by atoms with Crippen LogP contribution in [-0.2, 0) is 4.79 Å². The number of nitrogens with one attached hydrogen (secondary N) is 2. The molecule has 0 spiro atoms. The zero-order valence-corrected chi connectivity index (χ0v) is 15.8. The Bertz CT molecular complexity index is 1060. The summed E-state index contributed by atoms with van der Waals surface area (Å²) in [5.74, 6) is -0.372. The van der Waals surface area contributed by atoms with Crippen LogP contribution in [0.1, 0.15) is 47.2 Å². The van der Waals surface area contributed by atoms with Crippen molar-refractivity contribution in [3.63, 3.8) is 0 Å². The summed E-state index contributed by atoms with van der Waals surface area (Å²) in [6.45, 7) is 0. The average molecular weight is 384 g/mol. The molecule has 29 heavy (non-hydrogen) atoms. The first-order valence-electron chi connectivity index (χ1n) is 9.67. The summed E-state index contributed by atoms with van der Waals surface area (Å²) >= 11 is 0. The lowest BCUT2D eigenvalue weighted by Crippen LogP contribution is -2.33. The average Bonchev–Trinajstić information content (AvgIpc) is 3.38. The van der Waals surface area contributed by atoms with Crippen molar-refractivity contribution < 1.29 is 9.59 Å². The molecule has 144 valence electrons. The molecule has 2 aromatic carbocycles. The maximum atomic E-state index is 12.7. The molecule has 0 unspecified atom stereocenters. The molecule has 0 aromatic heterocycles. The minimum atomic E-state index is -0.413. The molecule has 0 radical (unpaired) electrons.